The number of anilines is 2. The smallest absolute Gasteiger partial charge is 0.270 e. The van der Waals surface area contributed by atoms with Gasteiger partial charge in [0.05, 0.1) is 37.3 Å². The fraction of sp³-hybridized carbons (Fsp3) is 0.444. The molecule has 9 nitrogen and oxygen atoms in total. The lowest BCUT2D eigenvalue weighted by atomic mass is 9.97. The van der Waals surface area contributed by atoms with Crippen molar-refractivity contribution in [3.8, 4) is 6.07 Å². The van der Waals surface area contributed by atoms with Crippen LogP contribution >= 0.6 is 0 Å². The summed E-state index contributed by atoms with van der Waals surface area (Å²) in [5.41, 5.74) is 5.31. The number of hydrogen-bond acceptors (Lipinski definition) is 7. The zero-order valence-electron chi connectivity index (χ0n) is 27.0. The molecular weight excluding hydrogens is 600 g/mol. The molecule has 1 N–H and O–H groups in total. The van der Waals surface area contributed by atoms with Crippen LogP contribution in [0.15, 0.2) is 55.1 Å². The van der Waals surface area contributed by atoms with Crippen molar-refractivity contribution in [1.82, 2.24) is 20.1 Å². The van der Waals surface area contributed by atoms with E-state index in [1.165, 1.54) is 17.0 Å². The van der Waals surface area contributed by atoms with Crippen molar-refractivity contribution in [1.29, 1.82) is 5.26 Å². The Morgan fingerprint density at radius 1 is 1.15 bits per heavy atom. The van der Waals surface area contributed by atoms with Crippen LogP contribution in [0.2, 0.25) is 0 Å². The SMILES string of the molecule is C=CC(=O)N1CCN(c2cc(C(=O)N[C@H](C)CN3CCC(F)(F)C3)nc3c2CCN(c2cccc4cccc(C)c24)C3)C[C@@H]1CC#N. The van der Waals surface area contributed by atoms with E-state index >= 15 is 0 Å². The first-order valence-corrected chi connectivity index (χ1v) is 16.3. The number of alkyl halides is 2. The van der Waals surface area contributed by atoms with Gasteiger partial charge in [-0.3, -0.25) is 14.5 Å². The first-order valence-electron chi connectivity index (χ1n) is 16.3. The van der Waals surface area contributed by atoms with Crippen molar-refractivity contribution in [2.24, 2.45) is 0 Å². The molecule has 2 aromatic carbocycles. The molecule has 3 aromatic rings. The summed E-state index contributed by atoms with van der Waals surface area (Å²) < 4.78 is 27.6. The summed E-state index contributed by atoms with van der Waals surface area (Å²) in [7, 11) is 0. The summed E-state index contributed by atoms with van der Waals surface area (Å²) in [6, 6.07) is 15.9. The largest absolute Gasteiger partial charge is 0.367 e. The van der Waals surface area contributed by atoms with Gasteiger partial charge >= 0.3 is 0 Å². The first kappa shape index (κ1) is 32.4. The standard InChI is InChI=1S/C36H41F2N7O2/c1-4-33(46)45-18-17-44(21-27(45)11-14-39)32-19-29(35(47)40-25(3)20-42-16-13-36(37,38)23-42)41-30-22-43(15-12-28(30)32)31-10-6-9-26-8-5-7-24(2)34(26)31/h4-10,19,25,27H,1,11-13,15-18,20-23H2,2-3H3,(H,40,47)/t25-,27+/m1/s1. The Kier molecular flexibility index (Phi) is 9.15. The van der Waals surface area contributed by atoms with E-state index in [0.29, 0.717) is 45.7 Å². The Morgan fingerprint density at radius 3 is 2.66 bits per heavy atom. The van der Waals surface area contributed by atoms with Gasteiger partial charge in [0.1, 0.15) is 5.69 Å². The molecule has 6 rings (SSSR count). The number of rotatable bonds is 8. The van der Waals surface area contributed by atoms with Gasteiger partial charge in [-0.05, 0) is 49.4 Å². The summed E-state index contributed by atoms with van der Waals surface area (Å²) in [4.78, 5) is 39.1. The number of nitriles is 1. The lowest BCUT2D eigenvalue weighted by molar-refractivity contribution is -0.128. The number of carbonyl (C=O) groups is 2. The number of nitrogens with one attached hydrogen (secondary N) is 1. The molecule has 2 saturated heterocycles. The van der Waals surface area contributed by atoms with E-state index in [1.807, 2.05) is 13.0 Å². The molecule has 3 aliphatic rings. The van der Waals surface area contributed by atoms with Crippen molar-refractivity contribution in [2.75, 3.05) is 55.6 Å². The number of halogens is 2. The normalized spacial score (nSPS) is 20.1. The van der Waals surface area contributed by atoms with E-state index in [9.17, 15) is 23.6 Å². The third kappa shape index (κ3) is 6.79. The van der Waals surface area contributed by atoms with Crippen LogP contribution in [0, 0.1) is 18.3 Å². The molecule has 47 heavy (non-hydrogen) atoms. The lowest BCUT2D eigenvalue weighted by Crippen LogP contribution is -2.55. The first-order chi connectivity index (χ1) is 22.6. The third-order valence-electron chi connectivity index (χ3n) is 9.59. The number of carbonyl (C=O) groups excluding carboxylic acids is 2. The lowest BCUT2D eigenvalue weighted by Gasteiger charge is -2.43. The Bertz CT molecular complexity index is 1730. The second-order valence-electron chi connectivity index (χ2n) is 13.0. The summed E-state index contributed by atoms with van der Waals surface area (Å²) in [6.45, 7) is 10.5. The summed E-state index contributed by atoms with van der Waals surface area (Å²) in [6.07, 6.45) is 1.99. The van der Waals surface area contributed by atoms with Gasteiger partial charge in [0.2, 0.25) is 5.91 Å². The van der Waals surface area contributed by atoms with Crippen LogP contribution in [0.3, 0.4) is 0 Å². The average molecular weight is 642 g/mol. The molecule has 0 spiro atoms. The monoisotopic (exact) mass is 641 g/mol. The highest BCUT2D eigenvalue weighted by Crippen LogP contribution is 2.36. The van der Waals surface area contributed by atoms with Gasteiger partial charge in [0.25, 0.3) is 11.8 Å². The predicted molar refractivity (Wildman–Crippen MR) is 179 cm³/mol. The molecule has 0 radical (unpaired) electrons. The maximum Gasteiger partial charge on any atom is 0.270 e. The number of nitrogens with zero attached hydrogens (tertiary/aromatic N) is 6. The van der Waals surface area contributed by atoms with Gasteiger partial charge < -0.3 is 20.0 Å². The topological polar surface area (TPSA) is 95.8 Å². The van der Waals surface area contributed by atoms with E-state index in [1.54, 1.807) is 9.80 Å². The average Bonchev–Trinajstić information content (AvgIpc) is 3.40. The number of aryl methyl sites for hydroxylation is 1. The highest BCUT2D eigenvalue weighted by molar-refractivity contribution is 5.97. The van der Waals surface area contributed by atoms with Crippen LogP contribution in [0.1, 0.15) is 47.1 Å². The van der Waals surface area contributed by atoms with Gasteiger partial charge in [0.15, 0.2) is 0 Å². The number of fused-ring (bicyclic) bond motifs is 2. The minimum absolute atomic E-state index is 0.172. The molecule has 246 valence electrons. The number of pyridine rings is 1. The molecule has 0 unspecified atom stereocenters. The number of piperazine rings is 1. The van der Waals surface area contributed by atoms with E-state index in [4.69, 9.17) is 4.98 Å². The zero-order chi connectivity index (χ0) is 33.3. The molecule has 2 amide bonds. The Balaban J connectivity index is 1.32. The molecule has 0 saturated carbocycles. The zero-order valence-corrected chi connectivity index (χ0v) is 27.0. The predicted octanol–water partition coefficient (Wildman–Crippen LogP) is 4.68. The molecule has 4 heterocycles. The third-order valence-corrected chi connectivity index (χ3v) is 9.59. The minimum Gasteiger partial charge on any atom is -0.367 e. The van der Waals surface area contributed by atoms with E-state index in [-0.39, 0.29) is 49.0 Å². The minimum atomic E-state index is -2.70. The fourth-order valence-corrected chi connectivity index (χ4v) is 7.35. The summed E-state index contributed by atoms with van der Waals surface area (Å²) >= 11 is 0. The Labute approximate surface area is 274 Å². The fourth-order valence-electron chi connectivity index (χ4n) is 7.35. The van der Waals surface area contributed by atoms with Crippen molar-refractivity contribution in [2.45, 2.75) is 57.7 Å². The molecule has 1 aromatic heterocycles. The van der Waals surface area contributed by atoms with E-state index in [0.717, 1.165) is 34.6 Å². The molecule has 0 bridgehead atoms. The van der Waals surface area contributed by atoms with E-state index in [2.05, 4.69) is 71.1 Å². The highest BCUT2D eigenvalue weighted by Gasteiger charge is 2.38. The number of likely N-dealkylation sites (tertiary alicyclic amines) is 1. The van der Waals surface area contributed by atoms with Crippen LogP contribution in [-0.2, 0) is 17.8 Å². The summed E-state index contributed by atoms with van der Waals surface area (Å²) in [5.74, 6) is -3.26. The second-order valence-corrected chi connectivity index (χ2v) is 13.0. The van der Waals surface area contributed by atoms with Crippen molar-refractivity contribution in [3.05, 3.63) is 77.6 Å². The van der Waals surface area contributed by atoms with Crippen molar-refractivity contribution < 1.29 is 18.4 Å². The molecule has 0 aliphatic carbocycles. The molecule has 2 atom stereocenters. The van der Waals surface area contributed by atoms with Crippen LogP contribution in [-0.4, -0.2) is 90.4 Å². The van der Waals surface area contributed by atoms with Gasteiger partial charge in [-0.15, -0.1) is 0 Å². The van der Waals surface area contributed by atoms with E-state index < -0.39 is 5.92 Å². The van der Waals surface area contributed by atoms with Gasteiger partial charge in [0, 0.05) is 74.1 Å². The molecular formula is C36H41F2N7O2. The van der Waals surface area contributed by atoms with Crippen molar-refractivity contribution >= 4 is 34.0 Å². The Hall–Kier alpha value is -4.56. The maximum atomic E-state index is 13.8. The summed E-state index contributed by atoms with van der Waals surface area (Å²) in [5, 5.41) is 14.9. The molecule has 3 aliphatic heterocycles. The maximum absolute atomic E-state index is 13.8. The molecule has 2 fully saturated rings. The van der Waals surface area contributed by atoms with Crippen molar-refractivity contribution in [3.63, 3.8) is 0 Å². The van der Waals surface area contributed by atoms with Crippen LogP contribution in [0.25, 0.3) is 10.8 Å². The van der Waals surface area contributed by atoms with Gasteiger partial charge in [-0.25, -0.2) is 13.8 Å². The number of aromatic nitrogens is 1. The second kappa shape index (κ2) is 13.3. The molecule has 11 heteroatoms. The highest BCUT2D eigenvalue weighted by atomic mass is 19.3. The van der Waals surface area contributed by atoms with Crippen LogP contribution in [0.4, 0.5) is 20.2 Å². The number of hydrogen-bond donors (Lipinski definition) is 1. The number of benzene rings is 2. The number of amides is 2. The van der Waals surface area contributed by atoms with Gasteiger partial charge in [-0.1, -0.05) is 36.9 Å². The Morgan fingerprint density at radius 2 is 1.94 bits per heavy atom. The van der Waals surface area contributed by atoms with Crippen LogP contribution in [0.5, 0.6) is 0 Å². The van der Waals surface area contributed by atoms with Gasteiger partial charge in [-0.2, -0.15) is 5.26 Å². The van der Waals surface area contributed by atoms with Crippen LogP contribution < -0.4 is 15.1 Å². The quantitative estimate of drug-likeness (QED) is 0.357.